The van der Waals surface area contributed by atoms with Crippen molar-refractivity contribution >= 4 is 22.0 Å². The minimum Gasteiger partial charge on any atom is -0.338 e. The number of carbonyl (C=O) groups excluding carboxylic acids is 2. The lowest BCUT2D eigenvalue weighted by Crippen LogP contribution is -2.52. The van der Waals surface area contributed by atoms with Crippen molar-refractivity contribution in [1.29, 1.82) is 0 Å². The monoisotopic (exact) mass is 396 g/mol. The van der Waals surface area contributed by atoms with Gasteiger partial charge in [0.05, 0.1) is 11.4 Å². The van der Waals surface area contributed by atoms with Crippen molar-refractivity contribution in [3.8, 4) is 0 Å². The summed E-state index contributed by atoms with van der Waals surface area (Å²) < 4.78 is 27.6. The van der Waals surface area contributed by atoms with E-state index in [0.29, 0.717) is 37.6 Å². The predicted molar refractivity (Wildman–Crippen MR) is 103 cm³/mol. The largest absolute Gasteiger partial charge is 0.338 e. The first-order valence-corrected chi connectivity index (χ1v) is 10.5. The van der Waals surface area contributed by atoms with E-state index in [1.807, 2.05) is 37.8 Å². The molecule has 0 radical (unpaired) electrons. The molecule has 1 aliphatic heterocycles. The molecule has 3 amide bonds. The summed E-state index contributed by atoms with van der Waals surface area (Å²) in [5, 5.41) is 4.75. The van der Waals surface area contributed by atoms with Crippen LogP contribution in [0.5, 0.6) is 0 Å². The third-order valence-electron chi connectivity index (χ3n) is 4.49. The van der Waals surface area contributed by atoms with Gasteiger partial charge in [-0.25, -0.2) is 13.2 Å². The lowest BCUT2D eigenvalue weighted by molar-refractivity contribution is -0.121. The number of nitrogens with zero attached hydrogens (tertiary/aromatic N) is 2. The van der Waals surface area contributed by atoms with E-state index in [9.17, 15) is 18.0 Å². The Morgan fingerprint density at radius 1 is 1.04 bits per heavy atom. The van der Waals surface area contributed by atoms with Crippen molar-refractivity contribution in [3.63, 3.8) is 0 Å². The Kier molecular flexibility index (Phi) is 6.96. The van der Waals surface area contributed by atoms with Crippen LogP contribution in [0.25, 0.3) is 0 Å². The minimum atomic E-state index is -3.58. The molecule has 1 aliphatic rings. The van der Waals surface area contributed by atoms with Gasteiger partial charge in [-0.15, -0.1) is 0 Å². The fraction of sp³-hybridized carbons (Fsp3) is 0.556. The number of piperazine rings is 1. The fourth-order valence-electron chi connectivity index (χ4n) is 3.40. The van der Waals surface area contributed by atoms with Crippen molar-refractivity contribution in [3.05, 3.63) is 28.8 Å². The second-order valence-electron chi connectivity index (χ2n) is 6.82. The first kappa shape index (κ1) is 21.3. The Bertz CT molecular complexity index is 792. The van der Waals surface area contributed by atoms with Crippen LogP contribution in [0.1, 0.15) is 23.6 Å². The van der Waals surface area contributed by atoms with Crippen molar-refractivity contribution in [1.82, 2.24) is 19.8 Å². The van der Waals surface area contributed by atoms with Gasteiger partial charge in [0.25, 0.3) is 0 Å². The Hall–Kier alpha value is -1.97. The van der Waals surface area contributed by atoms with E-state index in [1.54, 1.807) is 6.92 Å². The predicted octanol–water partition coefficient (Wildman–Crippen LogP) is 0.764. The molecule has 2 N–H and O–H groups in total. The van der Waals surface area contributed by atoms with E-state index in [4.69, 9.17) is 0 Å². The third kappa shape index (κ3) is 5.27. The normalized spacial score (nSPS) is 16.1. The van der Waals surface area contributed by atoms with Crippen LogP contribution in [0, 0.1) is 20.8 Å². The maximum absolute atomic E-state index is 13.1. The zero-order chi connectivity index (χ0) is 20.2. The Labute approximate surface area is 161 Å². The smallest absolute Gasteiger partial charge is 0.321 e. The van der Waals surface area contributed by atoms with Gasteiger partial charge >= 0.3 is 6.03 Å². The molecule has 0 bridgehead atoms. The zero-order valence-electron chi connectivity index (χ0n) is 16.3. The number of hydrogen-bond acceptors (Lipinski definition) is 5. The number of amides is 3. The molecular formula is C18H28N4O4S. The summed E-state index contributed by atoms with van der Waals surface area (Å²) in [6.45, 7) is 9.33. The number of sulfonamides is 1. The summed E-state index contributed by atoms with van der Waals surface area (Å²) in [7, 11) is -3.58. The number of imide groups is 1. The van der Waals surface area contributed by atoms with Gasteiger partial charge in [0.15, 0.2) is 0 Å². The van der Waals surface area contributed by atoms with Gasteiger partial charge in [-0.05, 0) is 38.8 Å². The molecule has 0 saturated carbocycles. The highest BCUT2D eigenvalue weighted by Crippen LogP contribution is 2.25. The van der Waals surface area contributed by atoms with E-state index in [0.717, 1.165) is 16.7 Å². The number of rotatable bonds is 5. The summed E-state index contributed by atoms with van der Waals surface area (Å²) in [6, 6.07) is 3.23. The molecule has 9 heteroatoms. The summed E-state index contributed by atoms with van der Waals surface area (Å²) >= 11 is 0. The van der Waals surface area contributed by atoms with E-state index in [-0.39, 0.29) is 6.54 Å². The average Bonchev–Trinajstić information content (AvgIpc) is 2.54. The number of benzene rings is 1. The standard InChI is InChI=1S/C18H28N4O4S/c1-5-19-18(24)20-16(23)12-21-6-8-22(9-7-21)27(25,26)17-14(3)10-13(2)11-15(17)4/h10-11H,5-9,12H2,1-4H3,(H2,19,20,23,24). The van der Waals surface area contributed by atoms with Crippen LogP contribution in [0.2, 0.25) is 0 Å². The lowest BCUT2D eigenvalue weighted by Gasteiger charge is -2.34. The third-order valence-corrected chi connectivity index (χ3v) is 6.70. The summed E-state index contributed by atoms with van der Waals surface area (Å²) in [5.74, 6) is -0.400. The molecule has 0 aliphatic carbocycles. The second kappa shape index (κ2) is 8.81. The number of aryl methyl sites for hydroxylation is 3. The van der Waals surface area contributed by atoms with Crippen molar-refractivity contribution in [2.45, 2.75) is 32.6 Å². The second-order valence-corrected chi connectivity index (χ2v) is 8.69. The van der Waals surface area contributed by atoms with Crippen LogP contribution >= 0.6 is 0 Å². The van der Waals surface area contributed by atoms with E-state index >= 15 is 0 Å². The maximum atomic E-state index is 13.1. The zero-order valence-corrected chi connectivity index (χ0v) is 17.1. The highest BCUT2D eigenvalue weighted by atomic mass is 32.2. The summed E-state index contributed by atoms with van der Waals surface area (Å²) in [4.78, 5) is 25.5. The molecule has 27 heavy (non-hydrogen) atoms. The van der Waals surface area contributed by atoms with Crippen LogP contribution < -0.4 is 10.6 Å². The molecule has 0 spiro atoms. The number of hydrogen-bond donors (Lipinski definition) is 2. The molecule has 2 rings (SSSR count). The Morgan fingerprint density at radius 3 is 2.11 bits per heavy atom. The van der Waals surface area contributed by atoms with Crippen LogP contribution in [0.3, 0.4) is 0 Å². The van der Waals surface area contributed by atoms with E-state index < -0.39 is 22.0 Å². The molecule has 8 nitrogen and oxygen atoms in total. The highest BCUT2D eigenvalue weighted by Gasteiger charge is 2.31. The average molecular weight is 397 g/mol. The molecule has 0 atom stereocenters. The Morgan fingerprint density at radius 2 is 1.59 bits per heavy atom. The summed E-state index contributed by atoms with van der Waals surface area (Å²) in [6.07, 6.45) is 0. The lowest BCUT2D eigenvalue weighted by atomic mass is 10.1. The van der Waals surface area contributed by atoms with Crippen LogP contribution in [0.4, 0.5) is 4.79 Å². The number of nitrogens with one attached hydrogen (secondary N) is 2. The van der Waals surface area contributed by atoms with Crippen molar-refractivity contribution in [2.75, 3.05) is 39.3 Å². The first-order chi connectivity index (χ1) is 12.6. The van der Waals surface area contributed by atoms with Crippen LogP contribution in [0.15, 0.2) is 17.0 Å². The fourth-order valence-corrected chi connectivity index (χ4v) is 5.24. The van der Waals surface area contributed by atoms with Gasteiger partial charge in [0.1, 0.15) is 0 Å². The van der Waals surface area contributed by atoms with E-state index in [1.165, 1.54) is 4.31 Å². The molecule has 1 fully saturated rings. The minimum absolute atomic E-state index is 0.0631. The van der Waals surface area contributed by atoms with Gasteiger partial charge in [-0.1, -0.05) is 17.7 Å². The van der Waals surface area contributed by atoms with Gasteiger partial charge in [-0.2, -0.15) is 4.31 Å². The molecule has 1 heterocycles. The quantitative estimate of drug-likeness (QED) is 0.766. The van der Waals surface area contributed by atoms with Gasteiger partial charge in [0.2, 0.25) is 15.9 Å². The summed E-state index contributed by atoms with van der Waals surface area (Å²) in [5.41, 5.74) is 2.53. The topological polar surface area (TPSA) is 98.8 Å². The first-order valence-electron chi connectivity index (χ1n) is 9.03. The van der Waals surface area contributed by atoms with Gasteiger partial charge in [-0.3, -0.25) is 15.0 Å². The molecule has 1 saturated heterocycles. The molecule has 1 aromatic rings. The van der Waals surface area contributed by atoms with Crippen LogP contribution in [-0.2, 0) is 14.8 Å². The van der Waals surface area contributed by atoms with Crippen molar-refractivity contribution in [2.24, 2.45) is 0 Å². The van der Waals surface area contributed by atoms with Crippen molar-refractivity contribution < 1.29 is 18.0 Å². The molecule has 0 unspecified atom stereocenters. The SMILES string of the molecule is CCNC(=O)NC(=O)CN1CCN(S(=O)(=O)c2c(C)cc(C)cc2C)CC1. The molecule has 0 aromatic heterocycles. The highest BCUT2D eigenvalue weighted by molar-refractivity contribution is 7.89. The van der Waals surface area contributed by atoms with Gasteiger partial charge < -0.3 is 5.32 Å². The van der Waals surface area contributed by atoms with Crippen LogP contribution in [-0.4, -0.2) is 68.8 Å². The Balaban J connectivity index is 1.99. The van der Waals surface area contributed by atoms with E-state index in [2.05, 4.69) is 10.6 Å². The molecule has 1 aromatic carbocycles. The maximum Gasteiger partial charge on any atom is 0.321 e. The molecular weight excluding hydrogens is 368 g/mol. The number of carbonyl (C=O) groups is 2. The molecule has 150 valence electrons. The number of urea groups is 1. The van der Waals surface area contributed by atoms with Gasteiger partial charge in [0, 0.05) is 32.7 Å².